The molecular formula is C13H20N2O4. The normalized spacial score (nSPS) is 11.9. The first kappa shape index (κ1) is 15.4. The van der Waals surface area contributed by atoms with Crippen LogP contribution in [-0.4, -0.2) is 55.1 Å². The molecule has 0 aliphatic heterocycles. The van der Waals surface area contributed by atoms with E-state index < -0.39 is 18.6 Å². The minimum absolute atomic E-state index is 0.208. The van der Waals surface area contributed by atoms with Crippen LogP contribution in [0, 0.1) is 0 Å². The Labute approximate surface area is 112 Å². The average molecular weight is 268 g/mol. The number of carbonyl (C=O) groups is 1. The molecule has 1 atom stereocenters. The van der Waals surface area contributed by atoms with E-state index >= 15 is 0 Å². The summed E-state index contributed by atoms with van der Waals surface area (Å²) >= 11 is 0. The van der Waals surface area contributed by atoms with Crippen LogP contribution in [-0.2, 0) is 4.79 Å². The summed E-state index contributed by atoms with van der Waals surface area (Å²) in [5.41, 5.74) is 0. The molecule has 0 radical (unpaired) electrons. The minimum atomic E-state index is -0.617. The van der Waals surface area contributed by atoms with E-state index in [9.17, 15) is 9.90 Å². The van der Waals surface area contributed by atoms with E-state index in [1.54, 1.807) is 0 Å². The smallest absolute Gasteiger partial charge is 0.245 e. The first-order chi connectivity index (χ1) is 9.22. The number of carbonyl (C=O) groups excluding carboxylic acids is 1. The lowest BCUT2D eigenvalue weighted by Crippen LogP contribution is -2.37. The predicted molar refractivity (Wildman–Crippen MR) is 70.9 cm³/mol. The summed E-state index contributed by atoms with van der Waals surface area (Å²) in [7, 11) is 0. The number of rotatable bonds is 9. The topological polar surface area (TPSA) is 90.8 Å². The summed E-state index contributed by atoms with van der Waals surface area (Å²) < 4.78 is 5.39. The third-order valence-corrected chi connectivity index (χ3v) is 2.33. The summed E-state index contributed by atoms with van der Waals surface area (Å²) in [6.07, 6.45) is -0.617. The van der Waals surface area contributed by atoms with Gasteiger partial charge in [-0.25, -0.2) is 0 Å². The van der Waals surface area contributed by atoms with E-state index in [4.69, 9.17) is 9.84 Å². The van der Waals surface area contributed by atoms with Crippen LogP contribution >= 0.6 is 0 Å². The highest BCUT2D eigenvalue weighted by atomic mass is 16.5. The molecule has 0 bridgehead atoms. The van der Waals surface area contributed by atoms with Crippen molar-refractivity contribution in [2.45, 2.75) is 6.10 Å². The first-order valence-corrected chi connectivity index (χ1v) is 6.16. The monoisotopic (exact) mass is 268 g/mol. The number of ether oxygens (including phenoxy) is 1. The number of aliphatic hydroxyl groups is 2. The van der Waals surface area contributed by atoms with Gasteiger partial charge in [0, 0.05) is 19.6 Å². The van der Waals surface area contributed by atoms with Crippen LogP contribution in [0.4, 0.5) is 0 Å². The van der Waals surface area contributed by atoms with Crippen molar-refractivity contribution in [3.05, 3.63) is 30.3 Å². The van der Waals surface area contributed by atoms with Crippen LogP contribution in [0.15, 0.2) is 30.3 Å². The second-order valence-electron chi connectivity index (χ2n) is 3.99. The highest BCUT2D eigenvalue weighted by Gasteiger charge is 2.04. The van der Waals surface area contributed by atoms with Gasteiger partial charge in [0.2, 0.25) is 5.91 Å². The zero-order chi connectivity index (χ0) is 13.9. The Bertz CT molecular complexity index is 359. The lowest BCUT2D eigenvalue weighted by atomic mass is 10.3. The summed E-state index contributed by atoms with van der Waals surface area (Å²) in [4.78, 5) is 10.7. The number of amides is 1. The third kappa shape index (κ3) is 7.40. The van der Waals surface area contributed by atoms with Gasteiger partial charge in [-0.3, -0.25) is 4.79 Å². The minimum Gasteiger partial charge on any atom is -0.491 e. The van der Waals surface area contributed by atoms with Crippen molar-refractivity contribution >= 4 is 5.91 Å². The quantitative estimate of drug-likeness (QED) is 0.437. The number of nitrogens with one attached hydrogen (secondary N) is 2. The van der Waals surface area contributed by atoms with Gasteiger partial charge in [-0.15, -0.1) is 0 Å². The van der Waals surface area contributed by atoms with Gasteiger partial charge in [0.25, 0.3) is 0 Å². The highest BCUT2D eigenvalue weighted by Crippen LogP contribution is 2.08. The summed E-state index contributed by atoms with van der Waals surface area (Å²) in [5.74, 6) is 0.312. The third-order valence-electron chi connectivity index (χ3n) is 2.33. The van der Waals surface area contributed by atoms with E-state index in [1.165, 1.54) is 0 Å². The summed E-state index contributed by atoms with van der Waals surface area (Å²) in [6.45, 7) is 1.01. The Morgan fingerprint density at radius 1 is 1.26 bits per heavy atom. The maximum atomic E-state index is 10.7. The fraction of sp³-hybridized carbons (Fsp3) is 0.462. The maximum absolute atomic E-state index is 10.7. The standard InChI is InChI=1S/C13H20N2O4/c16-9-13(18)15-7-6-14-8-11(17)10-19-12-4-2-1-3-5-12/h1-5,11,14,16-17H,6-10H2,(H,15,18). The molecule has 1 amide bonds. The van der Waals surface area contributed by atoms with Crippen molar-refractivity contribution < 1.29 is 19.7 Å². The van der Waals surface area contributed by atoms with Crippen LogP contribution < -0.4 is 15.4 Å². The average Bonchev–Trinajstić information content (AvgIpc) is 2.45. The lowest BCUT2D eigenvalue weighted by Gasteiger charge is -2.13. The molecule has 1 rings (SSSR count). The molecule has 106 valence electrons. The largest absolute Gasteiger partial charge is 0.491 e. The van der Waals surface area contributed by atoms with E-state index in [2.05, 4.69) is 10.6 Å². The van der Waals surface area contributed by atoms with Crippen molar-refractivity contribution in [3.8, 4) is 5.75 Å². The highest BCUT2D eigenvalue weighted by molar-refractivity contribution is 5.76. The number of benzene rings is 1. The molecule has 1 aromatic rings. The zero-order valence-electron chi connectivity index (χ0n) is 10.7. The zero-order valence-corrected chi connectivity index (χ0v) is 10.7. The van der Waals surface area contributed by atoms with Crippen LogP contribution in [0.2, 0.25) is 0 Å². The van der Waals surface area contributed by atoms with Gasteiger partial charge in [-0.05, 0) is 12.1 Å². The van der Waals surface area contributed by atoms with Crippen molar-refractivity contribution in [1.82, 2.24) is 10.6 Å². The second-order valence-corrected chi connectivity index (χ2v) is 3.99. The first-order valence-electron chi connectivity index (χ1n) is 6.16. The fourth-order valence-corrected chi connectivity index (χ4v) is 1.38. The molecular weight excluding hydrogens is 248 g/mol. The number of aliphatic hydroxyl groups excluding tert-OH is 2. The van der Waals surface area contributed by atoms with Gasteiger partial charge >= 0.3 is 0 Å². The molecule has 4 N–H and O–H groups in total. The number of hydrogen-bond donors (Lipinski definition) is 4. The molecule has 0 aliphatic carbocycles. The fourth-order valence-electron chi connectivity index (χ4n) is 1.38. The lowest BCUT2D eigenvalue weighted by molar-refractivity contribution is -0.123. The Balaban J connectivity index is 2.02. The van der Waals surface area contributed by atoms with Crippen molar-refractivity contribution in [2.75, 3.05) is 32.8 Å². The maximum Gasteiger partial charge on any atom is 0.245 e. The van der Waals surface area contributed by atoms with Crippen LogP contribution in [0.25, 0.3) is 0 Å². The molecule has 19 heavy (non-hydrogen) atoms. The Morgan fingerprint density at radius 2 is 2.00 bits per heavy atom. The van der Waals surface area contributed by atoms with Gasteiger partial charge < -0.3 is 25.6 Å². The molecule has 0 saturated heterocycles. The van der Waals surface area contributed by atoms with Crippen LogP contribution in [0.5, 0.6) is 5.75 Å². The Kier molecular flexibility index (Phi) is 7.57. The van der Waals surface area contributed by atoms with Gasteiger partial charge in [-0.1, -0.05) is 18.2 Å². The molecule has 0 heterocycles. The van der Waals surface area contributed by atoms with E-state index in [1.807, 2.05) is 30.3 Å². The molecule has 0 saturated carbocycles. The number of hydrogen-bond acceptors (Lipinski definition) is 5. The molecule has 1 aromatic carbocycles. The molecule has 0 spiro atoms. The van der Waals surface area contributed by atoms with Crippen molar-refractivity contribution in [1.29, 1.82) is 0 Å². The predicted octanol–water partition coefficient (Wildman–Crippen LogP) is -0.876. The Morgan fingerprint density at radius 3 is 2.68 bits per heavy atom. The van der Waals surface area contributed by atoms with Gasteiger partial charge in [0.05, 0.1) is 0 Å². The molecule has 6 nitrogen and oxygen atoms in total. The van der Waals surface area contributed by atoms with Crippen LogP contribution in [0.3, 0.4) is 0 Å². The molecule has 0 aromatic heterocycles. The van der Waals surface area contributed by atoms with E-state index in [0.717, 1.165) is 5.75 Å². The van der Waals surface area contributed by atoms with Crippen LogP contribution in [0.1, 0.15) is 0 Å². The van der Waals surface area contributed by atoms with Gasteiger partial charge in [-0.2, -0.15) is 0 Å². The molecule has 1 unspecified atom stereocenters. The van der Waals surface area contributed by atoms with Gasteiger partial charge in [0.15, 0.2) is 0 Å². The van der Waals surface area contributed by atoms with Crippen molar-refractivity contribution in [3.63, 3.8) is 0 Å². The Hall–Kier alpha value is -1.63. The van der Waals surface area contributed by atoms with Gasteiger partial charge in [0.1, 0.15) is 25.1 Å². The molecule has 6 heteroatoms. The molecule has 0 aliphatic rings. The van der Waals surface area contributed by atoms with Crippen molar-refractivity contribution in [2.24, 2.45) is 0 Å². The second kappa shape index (κ2) is 9.32. The SMILES string of the molecule is O=C(CO)NCCNCC(O)COc1ccccc1. The van der Waals surface area contributed by atoms with E-state index in [0.29, 0.717) is 19.6 Å². The number of para-hydroxylation sites is 1. The van der Waals surface area contributed by atoms with E-state index in [-0.39, 0.29) is 6.61 Å². The summed E-state index contributed by atoms with van der Waals surface area (Å²) in [6, 6.07) is 9.27. The molecule has 0 fully saturated rings. The summed E-state index contributed by atoms with van der Waals surface area (Å²) in [5, 5.41) is 23.6.